The van der Waals surface area contributed by atoms with Crippen molar-refractivity contribution in [2.45, 2.75) is 25.1 Å². The Bertz CT molecular complexity index is 187. The molecule has 1 aliphatic rings. The molecule has 1 rings (SSSR count). The Hall–Kier alpha value is -0.330. The third-order valence-corrected chi connectivity index (χ3v) is 2.34. The summed E-state index contributed by atoms with van der Waals surface area (Å²) in [5.74, 6) is 0. The van der Waals surface area contributed by atoms with E-state index in [2.05, 4.69) is 9.64 Å². The number of hydrogen-bond acceptors (Lipinski definition) is 3. The topological polar surface area (TPSA) is 38.5 Å². The summed E-state index contributed by atoms with van der Waals surface area (Å²) in [5.41, 5.74) is 5.69. The zero-order chi connectivity index (χ0) is 11.3. The largest absolute Gasteiger partial charge is 0.411 e. The maximum atomic E-state index is 11.7. The first kappa shape index (κ1) is 12.7. The minimum Gasteiger partial charge on any atom is -0.372 e. The van der Waals surface area contributed by atoms with Crippen LogP contribution in [0.3, 0.4) is 0 Å². The van der Waals surface area contributed by atoms with Crippen molar-refractivity contribution >= 4 is 0 Å². The van der Waals surface area contributed by atoms with Gasteiger partial charge in [0, 0.05) is 25.7 Å². The summed E-state index contributed by atoms with van der Waals surface area (Å²) in [4.78, 5) is 2.15. The second-order valence-corrected chi connectivity index (χ2v) is 3.87. The van der Waals surface area contributed by atoms with Gasteiger partial charge in [0.05, 0.1) is 0 Å². The van der Waals surface area contributed by atoms with Crippen molar-refractivity contribution in [2.24, 2.45) is 5.73 Å². The van der Waals surface area contributed by atoms with E-state index in [1.165, 1.54) is 0 Å². The van der Waals surface area contributed by atoms with E-state index in [1.807, 2.05) is 0 Å². The Morgan fingerprint density at radius 3 is 2.67 bits per heavy atom. The fraction of sp³-hybridized carbons (Fsp3) is 1.00. The molecule has 0 aromatic carbocycles. The van der Waals surface area contributed by atoms with E-state index >= 15 is 0 Å². The molecule has 0 aromatic rings. The van der Waals surface area contributed by atoms with Gasteiger partial charge in [-0.1, -0.05) is 0 Å². The molecule has 1 unspecified atom stereocenters. The third kappa shape index (κ3) is 5.96. The predicted octanol–water partition coefficient (Wildman–Crippen LogP) is 0.988. The number of rotatable bonds is 5. The first-order valence-electron chi connectivity index (χ1n) is 5.10. The Balaban J connectivity index is 1.93. The van der Waals surface area contributed by atoms with Gasteiger partial charge >= 0.3 is 6.18 Å². The van der Waals surface area contributed by atoms with Crippen LogP contribution in [-0.4, -0.2) is 50.0 Å². The lowest BCUT2D eigenvalue weighted by atomic mass is 10.3. The normalized spacial score (nSPS) is 23.6. The van der Waals surface area contributed by atoms with Crippen LogP contribution in [0.2, 0.25) is 0 Å². The molecule has 0 aromatic heterocycles. The first-order chi connectivity index (χ1) is 6.97. The monoisotopic (exact) mass is 226 g/mol. The second kappa shape index (κ2) is 5.67. The average molecular weight is 226 g/mol. The number of likely N-dealkylation sites (tertiary alicyclic amines) is 1. The summed E-state index contributed by atoms with van der Waals surface area (Å²) in [7, 11) is 0. The molecule has 0 bridgehead atoms. The molecule has 1 saturated heterocycles. The fourth-order valence-electron chi connectivity index (χ4n) is 1.64. The molecule has 0 amide bonds. The van der Waals surface area contributed by atoms with E-state index in [0.29, 0.717) is 6.42 Å². The van der Waals surface area contributed by atoms with Gasteiger partial charge < -0.3 is 15.4 Å². The molecule has 0 aliphatic carbocycles. The quantitative estimate of drug-likeness (QED) is 0.710. The van der Waals surface area contributed by atoms with Crippen molar-refractivity contribution in [1.29, 1.82) is 0 Å². The highest BCUT2D eigenvalue weighted by Gasteiger charge is 2.27. The van der Waals surface area contributed by atoms with Gasteiger partial charge in [-0.05, 0) is 19.4 Å². The second-order valence-electron chi connectivity index (χ2n) is 3.87. The molecule has 2 N–H and O–H groups in total. The van der Waals surface area contributed by atoms with Crippen molar-refractivity contribution in [3.63, 3.8) is 0 Å². The van der Waals surface area contributed by atoms with Crippen LogP contribution in [0.15, 0.2) is 0 Å². The Morgan fingerprint density at radius 2 is 2.13 bits per heavy atom. The molecule has 1 fully saturated rings. The number of ether oxygens (including phenoxy) is 1. The summed E-state index contributed by atoms with van der Waals surface area (Å²) < 4.78 is 39.6. The van der Waals surface area contributed by atoms with Crippen molar-refractivity contribution in [3.05, 3.63) is 0 Å². The molecule has 0 radical (unpaired) electrons. The Morgan fingerprint density at radius 1 is 1.40 bits per heavy atom. The highest BCUT2D eigenvalue weighted by atomic mass is 19.4. The lowest BCUT2D eigenvalue weighted by molar-refractivity contribution is -0.174. The molecular formula is C9H17F3N2O. The van der Waals surface area contributed by atoms with E-state index in [1.54, 1.807) is 0 Å². The molecule has 90 valence electrons. The van der Waals surface area contributed by atoms with Gasteiger partial charge in [0.2, 0.25) is 0 Å². The number of alkyl halides is 3. The summed E-state index contributed by atoms with van der Waals surface area (Å²) in [5, 5.41) is 0. The van der Waals surface area contributed by atoms with E-state index in [0.717, 1.165) is 26.1 Å². The average Bonchev–Trinajstić information content (AvgIpc) is 2.49. The smallest absolute Gasteiger partial charge is 0.372 e. The van der Waals surface area contributed by atoms with Crippen molar-refractivity contribution < 1.29 is 17.9 Å². The van der Waals surface area contributed by atoms with E-state index < -0.39 is 12.8 Å². The lowest BCUT2D eigenvalue weighted by Crippen LogP contribution is -2.28. The van der Waals surface area contributed by atoms with Crippen LogP contribution < -0.4 is 5.73 Å². The van der Waals surface area contributed by atoms with Crippen molar-refractivity contribution in [2.75, 3.05) is 32.8 Å². The summed E-state index contributed by atoms with van der Waals surface area (Å²) in [6.07, 6.45) is -2.61. The fourth-order valence-corrected chi connectivity index (χ4v) is 1.64. The summed E-state index contributed by atoms with van der Waals surface area (Å²) in [6.45, 7) is 1.57. The van der Waals surface area contributed by atoms with Crippen LogP contribution in [0.25, 0.3) is 0 Å². The highest BCUT2D eigenvalue weighted by molar-refractivity contribution is 4.77. The van der Waals surface area contributed by atoms with Crippen LogP contribution in [0.4, 0.5) is 13.2 Å². The highest BCUT2D eigenvalue weighted by Crippen LogP contribution is 2.14. The summed E-state index contributed by atoms with van der Waals surface area (Å²) in [6, 6.07) is 0.223. The first-order valence-corrected chi connectivity index (χ1v) is 5.10. The number of hydrogen-bond donors (Lipinski definition) is 1. The molecule has 3 nitrogen and oxygen atoms in total. The van der Waals surface area contributed by atoms with Crippen LogP contribution in [0.5, 0.6) is 0 Å². The van der Waals surface area contributed by atoms with Gasteiger partial charge in [0.25, 0.3) is 0 Å². The van der Waals surface area contributed by atoms with Gasteiger partial charge in [-0.3, -0.25) is 0 Å². The molecule has 1 atom stereocenters. The standard InChI is InChI=1S/C9H17F3N2O/c10-9(11,12)7-15-5-1-3-14-4-2-8(13)6-14/h8H,1-7,13H2. The minimum atomic E-state index is -4.21. The van der Waals surface area contributed by atoms with Gasteiger partial charge in [0.1, 0.15) is 6.61 Å². The summed E-state index contributed by atoms with van der Waals surface area (Å²) >= 11 is 0. The SMILES string of the molecule is NC1CCN(CCCOCC(F)(F)F)C1. The van der Waals surface area contributed by atoms with E-state index in [4.69, 9.17) is 5.73 Å². The minimum absolute atomic E-state index is 0.158. The van der Waals surface area contributed by atoms with Crippen LogP contribution >= 0.6 is 0 Å². The van der Waals surface area contributed by atoms with Crippen molar-refractivity contribution in [1.82, 2.24) is 4.90 Å². The van der Waals surface area contributed by atoms with E-state index in [9.17, 15) is 13.2 Å². The van der Waals surface area contributed by atoms with Gasteiger partial charge in [-0.15, -0.1) is 0 Å². The molecule has 6 heteroatoms. The predicted molar refractivity (Wildman–Crippen MR) is 50.5 cm³/mol. The molecule has 1 heterocycles. The van der Waals surface area contributed by atoms with Gasteiger partial charge in [-0.2, -0.15) is 13.2 Å². The van der Waals surface area contributed by atoms with Crippen LogP contribution in [-0.2, 0) is 4.74 Å². The maximum Gasteiger partial charge on any atom is 0.411 e. The maximum absolute atomic E-state index is 11.7. The molecular weight excluding hydrogens is 209 g/mol. The van der Waals surface area contributed by atoms with Crippen LogP contribution in [0.1, 0.15) is 12.8 Å². The number of halogens is 3. The van der Waals surface area contributed by atoms with Crippen molar-refractivity contribution in [3.8, 4) is 0 Å². The molecule has 15 heavy (non-hydrogen) atoms. The van der Waals surface area contributed by atoms with Crippen LogP contribution in [0, 0.1) is 0 Å². The zero-order valence-electron chi connectivity index (χ0n) is 8.59. The Labute approximate surface area is 87.4 Å². The Kier molecular flexibility index (Phi) is 4.82. The zero-order valence-corrected chi connectivity index (χ0v) is 8.59. The third-order valence-electron chi connectivity index (χ3n) is 2.34. The molecule has 0 spiro atoms. The lowest BCUT2D eigenvalue weighted by Gasteiger charge is -2.15. The van der Waals surface area contributed by atoms with E-state index in [-0.39, 0.29) is 12.6 Å². The molecule has 1 aliphatic heterocycles. The molecule has 0 saturated carbocycles. The number of nitrogens with two attached hydrogens (primary N) is 1. The van der Waals surface area contributed by atoms with Gasteiger partial charge in [0.15, 0.2) is 0 Å². The van der Waals surface area contributed by atoms with Gasteiger partial charge in [-0.25, -0.2) is 0 Å². The number of nitrogens with zero attached hydrogens (tertiary/aromatic N) is 1.